The quantitative estimate of drug-likeness (QED) is 0.0261. The minimum Gasteiger partial charge on any atom is -0.462 e. The number of esters is 3. The largest absolute Gasteiger partial charge is 0.462 e. The van der Waals surface area contributed by atoms with E-state index in [9.17, 15) is 14.4 Å². The van der Waals surface area contributed by atoms with E-state index >= 15 is 0 Å². The Morgan fingerprint density at radius 3 is 0.863 bits per heavy atom. The fraction of sp³-hybridized carbons (Fsp3) is 0.746. The molecule has 0 spiro atoms. The van der Waals surface area contributed by atoms with E-state index in [0.717, 1.165) is 89.9 Å². The van der Waals surface area contributed by atoms with Crippen LogP contribution in [0.1, 0.15) is 303 Å². The average Bonchev–Trinajstić information content (AvgIpc) is 3.39. The molecule has 0 heterocycles. The fourth-order valence-electron chi connectivity index (χ4n) is 8.74. The van der Waals surface area contributed by atoms with Crippen molar-refractivity contribution in [1.82, 2.24) is 0 Å². The van der Waals surface area contributed by atoms with Gasteiger partial charge in [-0.15, -0.1) is 0 Å². The molecular weight excluding hydrogens is 901 g/mol. The first-order valence-electron chi connectivity index (χ1n) is 31.1. The number of allylic oxidation sites excluding steroid dienone is 14. The van der Waals surface area contributed by atoms with Gasteiger partial charge in [-0.25, -0.2) is 0 Å². The molecule has 0 fully saturated rings. The summed E-state index contributed by atoms with van der Waals surface area (Å²) in [6.07, 6.45) is 80.6. The van der Waals surface area contributed by atoms with Crippen molar-refractivity contribution in [2.45, 2.75) is 309 Å². The molecule has 73 heavy (non-hydrogen) atoms. The number of carbonyl (C=O) groups is 3. The maximum atomic E-state index is 12.8. The monoisotopic (exact) mass is 1020 g/mol. The Balaban J connectivity index is 4.03. The standard InChI is InChI=1S/C67H116O6/c1-4-7-10-13-16-18-20-22-24-25-26-27-28-29-30-31-32-33-34-35-36-37-38-39-40-41-43-44-46-48-51-54-57-60-66(69)72-63-64(62-71-65(68)59-56-53-50-15-12-9-6-3)73-67(70)61-58-55-52-49-47-45-42-23-21-19-17-14-11-8-5-2/h8,11,17,19-20,22-23,25-26,28-29,42,47,49,64H,4-7,9-10,12-16,18,21,24,27,30-41,43-46,48,50-63H2,1-3H3/b11-8-,19-17-,22-20-,26-25-,29-28-,42-23-,49-47-. The molecule has 0 bridgehead atoms. The van der Waals surface area contributed by atoms with Gasteiger partial charge < -0.3 is 14.2 Å². The van der Waals surface area contributed by atoms with Gasteiger partial charge >= 0.3 is 17.9 Å². The zero-order valence-electron chi connectivity index (χ0n) is 48.1. The van der Waals surface area contributed by atoms with Crippen LogP contribution in [0.3, 0.4) is 0 Å². The first-order chi connectivity index (χ1) is 36.0. The maximum absolute atomic E-state index is 12.8. The molecular formula is C67H116O6. The number of hydrogen-bond acceptors (Lipinski definition) is 6. The van der Waals surface area contributed by atoms with Gasteiger partial charge in [0.1, 0.15) is 13.2 Å². The van der Waals surface area contributed by atoms with Gasteiger partial charge in [-0.05, 0) is 96.3 Å². The summed E-state index contributed by atoms with van der Waals surface area (Å²) >= 11 is 0. The third-order valence-corrected chi connectivity index (χ3v) is 13.4. The van der Waals surface area contributed by atoms with E-state index < -0.39 is 6.10 Å². The summed E-state index contributed by atoms with van der Waals surface area (Å²) < 4.78 is 16.7. The molecule has 0 amide bonds. The molecule has 0 rings (SSSR count). The Hall–Kier alpha value is -3.41. The van der Waals surface area contributed by atoms with Gasteiger partial charge in [0.05, 0.1) is 0 Å². The molecule has 0 aliphatic rings. The second-order valence-corrected chi connectivity index (χ2v) is 20.6. The summed E-state index contributed by atoms with van der Waals surface area (Å²) in [5.74, 6) is -0.932. The Kier molecular flexibility index (Phi) is 58.3. The van der Waals surface area contributed by atoms with Gasteiger partial charge in [-0.2, -0.15) is 0 Å². The topological polar surface area (TPSA) is 78.9 Å². The smallest absolute Gasteiger partial charge is 0.306 e. The number of hydrogen-bond donors (Lipinski definition) is 0. The van der Waals surface area contributed by atoms with Crippen LogP contribution in [-0.2, 0) is 28.6 Å². The Morgan fingerprint density at radius 2 is 0.534 bits per heavy atom. The summed E-state index contributed by atoms with van der Waals surface area (Å²) in [6.45, 7) is 6.45. The molecule has 0 saturated heterocycles. The van der Waals surface area contributed by atoms with Crippen LogP contribution in [0, 0.1) is 0 Å². The molecule has 0 aromatic heterocycles. The van der Waals surface area contributed by atoms with E-state index in [0.29, 0.717) is 19.3 Å². The summed E-state index contributed by atoms with van der Waals surface area (Å²) in [7, 11) is 0. The highest BCUT2D eigenvalue weighted by Crippen LogP contribution is 2.16. The molecule has 0 aliphatic carbocycles. The lowest BCUT2D eigenvalue weighted by molar-refractivity contribution is -0.167. The molecule has 1 atom stereocenters. The molecule has 420 valence electrons. The summed E-state index contributed by atoms with van der Waals surface area (Å²) in [5, 5.41) is 0. The van der Waals surface area contributed by atoms with Gasteiger partial charge in [-0.3, -0.25) is 14.4 Å². The SMILES string of the molecule is CC/C=C\C/C=C\C/C=C\C/C=C\CCCCC(=O)OC(COC(=O)CCCCCCCCC)COC(=O)CCCCCCCCCCCCCCCCCCCC/C=C\C/C=C\C/C=C\CCCCCCC. The van der Waals surface area contributed by atoms with Crippen molar-refractivity contribution in [1.29, 1.82) is 0 Å². The molecule has 0 N–H and O–H groups in total. The fourth-order valence-corrected chi connectivity index (χ4v) is 8.74. The van der Waals surface area contributed by atoms with Crippen LogP contribution in [0.25, 0.3) is 0 Å². The minimum absolute atomic E-state index is 0.0905. The van der Waals surface area contributed by atoms with Gasteiger partial charge in [0.15, 0.2) is 6.10 Å². The molecule has 0 aliphatic heterocycles. The van der Waals surface area contributed by atoms with Gasteiger partial charge in [0.2, 0.25) is 0 Å². The Bertz CT molecular complexity index is 1400. The molecule has 6 nitrogen and oxygen atoms in total. The third kappa shape index (κ3) is 59.3. The predicted octanol–water partition coefficient (Wildman–Crippen LogP) is 21.1. The van der Waals surface area contributed by atoms with Crippen molar-refractivity contribution in [3.05, 3.63) is 85.1 Å². The highest BCUT2D eigenvalue weighted by molar-refractivity contribution is 5.71. The predicted molar refractivity (Wildman–Crippen MR) is 316 cm³/mol. The van der Waals surface area contributed by atoms with E-state index in [-0.39, 0.29) is 37.5 Å². The highest BCUT2D eigenvalue weighted by Gasteiger charge is 2.19. The van der Waals surface area contributed by atoms with Crippen LogP contribution < -0.4 is 0 Å². The van der Waals surface area contributed by atoms with Gasteiger partial charge in [0.25, 0.3) is 0 Å². The zero-order chi connectivity index (χ0) is 52.9. The molecule has 1 unspecified atom stereocenters. The summed E-state index contributed by atoms with van der Waals surface area (Å²) in [4.78, 5) is 37.9. The Morgan fingerprint density at radius 1 is 0.288 bits per heavy atom. The van der Waals surface area contributed by atoms with Crippen molar-refractivity contribution >= 4 is 17.9 Å². The molecule has 0 aromatic carbocycles. The third-order valence-electron chi connectivity index (χ3n) is 13.4. The lowest BCUT2D eigenvalue weighted by atomic mass is 10.0. The second kappa shape index (κ2) is 61.1. The first-order valence-corrected chi connectivity index (χ1v) is 31.1. The van der Waals surface area contributed by atoms with E-state index in [2.05, 4.69) is 106 Å². The first kappa shape index (κ1) is 69.6. The summed E-state index contributed by atoms with van der Waals surface area (Å²) in [6, 6.07) is 0. The maximum Gasteiger partial charge on any atom is 0.306 e. The lowest BCUT2D eigenvalue weighted by Gasteiger charge is -2.18. The van der Waals surface area contributed by atoms with Crippen molar-refractivity contribution in [2.24, 2.45) is 0 Å². The average molecular weight is 1020 g/mol. The number of ether oxygens (including phenoxy) is 3. The number of rotatable bonds is 56. The van der Waals surface area contributed by atoms with Crippen LogP contribution in [0.5, 0.6) is 0 Å². The van der Waals surface area contributed by atoms with E-state index in [1.165, 1.54) is 167 Å². The minimum atomic E-state index is -0.794. The van der Waals surface area contributed by atoms with Crippen LogP contribution in [0.4, 0.5) is 0 Å². The zero-order valence-corrected chi connectivity index (χ0v) is 48.1. The van der Waals surface area contributed by atoms with E-state index in [1.54, 1.807) is 0 Å². The van der Waals surface area contributed by atoms with Crippen molar-refractivity contribution in [2.75, 3.05) is 13.2 Å². The second-order valence-electron chi connectivity index (χ2n) is 20.6. The van der Waals surface area contributed by atoms with Gasteiger partial charge in [0, 0.05) is 19.3 Å². The van der Waals surface area contributed by atoms with E-state index in [4.69, 9.17) is 14.2 Å². The van der Waals surface area contributed by atoms with Crippen molar-refractivity contribution in [3.63, 3.8) is 0 Å². The van der Waals surface area contributed by atoms with Crippen LogP contribution in [0.2, 0.25) is 0 Å². The van der Waals surface area contributed by atoms with Crippen molar-refractivity contribution < 1.29 is 28.6 Å². The number of unbranched alkanes of at least 4 members (excludes halogenated alkanes) is 31. The highest BCUT2D eigenvalue weighted by atomic mass is 16.6. The molecule has 6 heteroatoms. The van der Waals surface area contributed by atoms with Crippen molar-refractivity contribution in [3.8, 4) is 0 Å². The Labute approximate surface area is 452 Å². The van der Waals surface area contributed by atoms with Crippen LogP contribution >= 0.6 is 0 Å². The number of carbonyl (C=O) groups excluding carboxylic acids is 3. The van der Waals surface area contributed by atoms with Gasteiger partial charge in [-0.1, -0.05) is 273 Å². The van der Waals surface area contributed by atoms with Crippen LogP contribution in [0.15, 0.2) is 85.1 Å². The molecule has 0 aromatic rings. The lowest BCUT2D eigenvalue weighted by Crippen LogP contribution is -2.30. The summed E-state index contributed by atoms with van der Waals surface area (Å²) in [5.41, 5.74) is 0. The normalized spacial score (nSPS) is 12.6. The molecule has 0 saturated carbocycles. The van der Waals surface area contributed by atoms with E-state index in [1.807, 2.05) is 0 Å². The van der Waals surface area contributed by atoms with Crippen LogP contribution in [-0.4, -0.2) is 37.2 Å². The molecule has 0 radical (unpaired) electrons.